The van der Waals surface area contributed by atoms with E-state index in [0.29, 0.717) is 16.7 Å². The zero-order valence-electron chi connectivity index (χ0n) is 16.1. The Balaban J connectivity index is 1.49. The summed E-state index contributed by atoms with van der Waals surface area (Å²) in [6.45, 7) is 9.23. The van der Waals surface area contributed by atoms with Crippen molar-refractivity contribution in [3.05, 3.63) is 29.8 Å². The van der Waals surface area contributed by atoms with Crippen LogP contribution in [0.25, 0.3) is 0 Å². The van der Waals surface area contributed by atoms with Crippen LogP contribution in [0, 0.1) is 16.7 Å². The predicted octanol–water partition coefficient (Wildman–Crippen LogP) is 5.68. The van der Waals surface area contributed by atoms with Gasteiger partial charge in [0.25, 0.3) is 0 Å². The van der Waals surface area contributed by atoms with Crippen LogP contribution in [0.3, 0.4) is 0 Å². The first-order valence-electron chi connectivity index (χ1n) is 9.88. The number of hydrogen-bond donors (Lipinski definition) is 2. The lowest BCUT2D eigenvalue weighted by Crippen LogP contribution is -2.65. The van der Waals surface area contributed by atoms with Crippen molar-refractivity contribution in [2.24, 2.45) is 16.7 Å². The number of amides is 2. The lowest BCUT2D eigenvalue weighted by molar-refractivity contribution is -0.113. The molecular weight excluding hydrogens is 308 g/mol. The Morgan fingerprint density at radius 1 is 1.08 bits per heavy atom. The Kier molecular flexibility index (Phi) is 3.72. The van der Waals surface area contributed by atoms with Gasteiger partial charge in [-0.3, -0.25) is 0 Å². The smallest absolute Gasteiger partial charge is 0.319 e. The van der Waals surface area contributed by atoms with Crippen molar-refractivity contribution in [3.63, 3.8) is 0 Å². The highest BCUT2D eigenvalue weighted by atomic mass is 16.2. The van der Waals surface area contributed by atoms with Gasteiger partial charge in [0.15, 0.2) is 0 Å². The van der Waals surface area contributed by atoms with E-state index in [9.17, 15) is 4.79 Å². The summed E-state index contributed by atoms with van der Waals surface area (Å²) in [6, 6.07) is 8.18. The van der Waals surface area contributed by atoms with Gasteiger partial charge < -0.3 is 10.6 Å². The first kappa shape index (κ1) is 16.9. The van der Waals surface area contributed by atoms with Crippen LogP contribution < -0.4 is 10.6 Å². The molecular formula is C22H32N2O. The summed E-state index contributed by atoms with van der Waals surface area (Å²) in [6.07, 6.45) is 7.49. The number of urea groups is 1. The van der Waals surface area contributed by atoms with Crippen LogP contribution in [0.4, 0.5) is 10.5 Å². The van der Waals surface area contributed by atoms with E-state index in [1.807, 2.05) is 12.1 Å². The molecule has 4 aliphatic carbocycles. The molecule has 4 aliphatic rings. The molecule has 3 heteroatoms. The molecule has 1 aromatic rings. The van der Waals surface area contributed by atoms with E-state index >= 15 is 0 Å². The standard InChI is InChI=1S/C22H32N2O/c1-15(2)17-6-5-7-18(8-17)23-19(25)24-22-11-16-9-20(3,13-22)12-21(4,10-16)14-22/h5-8,15-16H,9-14H2,1-4H3,(H2,23,24,25). The van der Waals surface area contributed by atoms with E-state index in [4.69, 9.17) is 0 Å². The van der Waals surface area contributed by atoms with Crippen molar-refractivity contribution >= 4 is 11.7 Å². The first-order chi connectivity index (χ1) is 11.7. The van der Waals surface area contributed by atoms with Gasteiger partial charge in [0.1, 0.15) is 0 Å². The molecule has 0 saturated heterocycles. The molecule has 25 heavy (non-hydrogen) atoms. The minimum atomic E-state index is -0.0324. The summed E-state index contributed by atoms with van der Waals surface area (Å²) in [7, 11) is 0. The minimum absolute atomic E-state index is 0.00264. The van der Waals surface area contributed by atoms with E-state index in [2.05, 4.69) is 50.5 Å². The van der Waals surface area contributed by atoms with Gasteiger partial charge >= 0.3 is 6.03 Å². The monoisotopic (exact) mass is 340 g/mol. The van der Waals surface area contributed by atoms with Crippen molar-refractivity contribution in [2.45, 2.75) is 77.7 Å². The second kappa shape index (κ2) is 5.49. The van der Waals surface area contributed by atoms with Crippen LogP contribution in [0.5, 0.6) is 0 Å². The molecule has 4 bridgehead atoms. The number of rotatable bonds is 3. The van der Waals surface area contributed by atoms with Crippen molar-refractivity contribution in [2.75, 3.05) is 5.32 Å². The van der Waals surface area contributed by atoms with Crippen LogP contribution in [-0.4, -0.2) is 11.6 Å². The van der Waals surface area contributed by atoms with Gasteiger partial charge in [0.2, 0.25) is 0 Å². The van der Waals surface area contributed by atoms with E-state index in [-0.39, 0.29) is 11.6 Å². The lowest BCUT2D eigenvalue weighted by atomic mass is 9.43. The van der Waals surface area contributed by atoms with Gasteiger partial charge in [-0.15, -0.1) is 0 Å². The van der Waals surface area contributed by atoms with Crippen LogP contribution >= 0.6 is 0 Å². The number of hydrogen-bond acceptors (Lipinski definition) is 1. The Hall–Kier alpha value is -1.51. The summed E-state index contributed by atoms with van der Waals surface area (Å²) in [5, 5.41) is 6.51. The number of carbonyl (C=O) groups excluding carboxylic acids is 1. The fraction of sp³-hybridized carbons (Fsp3) is 0.682. The molecule has 2 amide bonds. The SMILES string of the molecule is CC(C)c1cccc(NC(=O)NC23CC4CC(C)(CC(C)(C4)C2)C3)c1. The lowest BCUT2D eigenvalue weighted by Gasteiger charge is -2.65. The third-order valence-corrected chi connectivity index (χ3v) is 6.82. The molecule has 0 radical (unpaired) electrons. The zero-order valence-corrected chi connectivity index (χ0v) is 16.1. The third kappa shape index (κ3) is 3.18. The molecule has 0 spiro atoms. The molecule has 5 rings (SSSR count). The quantitative estimate of drug-likeness (QED) is 0.730. The number of benzene rings is 1. The van der Waals surface area contributed by atoms with E-state index in [0.717, 1.165) is 30.9 Å². The zero-order chi connectivity index (χ0) is 17.9. The van der Waals surface area contributed by atoms with Gasteiger partial charge in [-0.25, -0.2) is 4.79 Å². The van der Waals surface area contributed by atoms with Crippen LogP contribution in [0.2, 0.25) is 0 Å². The van der Waals surface area contributed by atoms with Crippen molar-refractivity contribution in [3.8, 4) is 0 Å². The molecule has 136 valence electrons. The highest BCUT2D eigenvalue weighted by molar-refractivity contribution is 5.90. The molecule has 0 aromatic heterocycles. The largest absolute Gasteiger partial charge is 0.332 e. The number of anilines is 1. The second-order valence-corrected chi connectivity index (χ2v) is 10.3. The summed E-state index contributed by atoms with van der Waals surface area (Å²) >= 11 is 0. The fourth-order valence-electron chi connectivity index (χ4n) is 6.97. The van der Waals surface area contributed by atoms with E-state index in [1.165, 1.54) is 24.8 Å². The summed E-state index contributed by atoms with van der Waals surface area (Å²) in [5.74, 6) is 1.25. The third-order valence-electron chi connectivity index (χ3n) is 6.82. The molecule has 1 aromatic carbocycles. The normalized spacial score (nSPS) is 38.8. The van der Waals surface area contributed by atoms with Crippen molar-refractivity contribution in [1.82, 2.24) is 5.32 Å². The maximum absolute atomic E-state index is 12.8. The van der Waals surface area contributed by atoms with Crippen molar-refractivity contribution < 1.29 is 4.79 Å². The highest BCUT2D eigenvalue weighted by Crippen LogP contribution is 2.66. The second-order valence-electron chi connectivity index (χ2n) is 10.3. The fourth-order valence-corrected chi connectivity index (χ4v) is 6.97. The Morgan fingerprint density at radius 2 is 1.76 bits per heavy atom. The Labute approximate surface area is 152 Å². The summed E-state index contributed by atoms with van der Waals surface area (Å²) in [5.41, 5.74) is 2.99. The summed E-state index contributed by atoms with van der Waals surface area (Å²) in [4.78, 5) is 12.8. The average molecular weight is 341 g/mol. The van der Waals surface area contributed by atoms with Gasteiger partial charge in [-0.05, 0) is 78.9 Å². The molecule has 4 saturated carbocycles. The maximum Gasteiger partial charge on any atom is 0.319 e. The average Bonchev–Trinajstić information content (AvgIpc) is 2.42. The van der Waals surface area contributed by atoms with Gasteiger partial charge in [0, 0.05) is 11.2 Å². The Morgan fingerprint density at radius 3 is 2.36 bits per heavy atom. The molecule has 2 N–H and O–H groups in total. The highest BCUT2D eigenvalue weighted by Gasteiger charge is 2.60. The van der Waals surface area contributed by atoms with Crippen LogP contribution in [-0.2, 0) is 0 Å². The number of nitrogens with one attached hydrogen (secondary N) is 2. The molecule has 0 heterocycles. The first-order valence-corrected chi connectivity index (χ1v) is 9.88. The van der Waals surface area contributed by atoms with Crippen LogP contribution in [0.1, 0.15) is 77.7 Å². The molecule has 0 aliphatic heterocycles. The van der Waals surface area contributed by atoms with Gasteiger partial charge in [-0.2, -0.15) is 0 Å². The molecule has 4 fully saturated rings. The van der Waals surface area contributed by atoms with Crippen LogP contribution in [0.15, 0.2) is 24.3 Å². The molecule has 3 nitrogen and oxygen atoms in total. The maximum atomic E-state index is 12.8. The number of carbonyl (C=O) groups is 1. The predicted molar refractivity (Wildman–Crippen MR) is 103 cm³/mol. The Bertz CT molecular complexity index is 677. The molecule has 2 unspecified atom stereocenters. The van der Waals surface area contributed by atoms with Crippen molar-refractivity contribution in [1.29, 1.82) is 0 Å². The van der Waals surface area contributed by atoms with Gasteiger partial charge in [-0.1, -0.05) is 39.8 Å². The van der Waals surface area contributed by atoms with E-state index in [1.54, 1.807) is 0 Å². The minimum Gasteiger partial charge on any atom is -0.332 e. The summed E-state index contributed by atoms with van der Waals surface area (Å²) < 4.78 is 0. The van der Waals surface area contributed by atoms with E-state index < -0.39 is 0 Å². The topological polar surface area (TPSA) is 41.1 Å². The molecule has 2 atom stereocenters. The van der Waals surface area contributed by atoms with Gasteiger partial charge in [0.05, 0.1) is 0 Å².